The Labute approximate surface area is 99.1 Å². The second-order valence-corrected chi connectivity index (χ2v) is 4.40. The number of amides is 1. The summed E-state index contributed by atoms with van der Waals surface area (Å²) in [6, 6.07) is 1.27. The highest BCUT2D eigenvalue weighted by atomic mass is 16.1. The lowest BCUT2D eigenvalue weighted by atomic mass is 10.2. The Balaban J connectivity index is 2.52. The Kier molecular flexibility index (Phi) is 2.97. The summed E-state index contributed by atoms with van der Waals surface area (Å²) in [6.45, 7) is 0.974. The molecule has 17 heavy (non-hydrogen) atoms. The standard InChI is InChI=1S/C11H16N4O2/c1-14-5-3-4-8(14)11-13-7(10(12)17)6-9(16)15(11)2/h6,8H,3-5H2,1-2H3,(H2,12,17). The van der Waals surface area contributed by atoms with Gasteiger partial charge in [0.2, 0.25) is 0 Å². The minimum Gasteiger partial charge on any atom is -0.364 e. The van der Waals surface area contributed by atoms with E-state index in [-0.39, 0.29) is 17.3 Å². The summed E-state index contributed by atoms with van der Waals surface area (Å²) >= 11 is 0. The number of primary amides is 1. The fourth-order valence-electron chi connectivity index (χ4n) is 2.22. The first kappa shape index (κ1) is 11.8. The van der Waals surface area contributed by atoms with Crippen molar-refractivity contribution < 1.29 is 4.79 Å². The van der Waals surface area contributed by atoms with Gasteiger partial charge in [0.1, 0.15) is 11.5 Å². The smallest absolute Gasteiger partial charge is 0.267 e. The number of nitrogens with two attached hydrogens (primary N) is 1. The lowest BCUT2D eigenvalue weighted by molar-refractivity contribution is 0.0994. The Hall–Kier alpha value is -1.69. The molecule has 1 amide bonds. The summed E-state index contributed by atoms with van der Waals surface area (Å²) < 4.78 is 1.49. The summed E-state index contributed by atoms with van der Waals surface area (Å²) in [4.78, 5) is 29.2. The van der Waals surface area contributed by atoms with Gasteiger partial charge in [-0.2, -0.15) is 0 Å². The topological polar surface area (TPSA) is 81.2 Å². The molecule has 1 aromatic heterocycles. The molecule has 2 rings (SSSR count). The van der Waals surface area contributed by atoms with Crippen LogP contribution in [-0.2, 0) is 7.05 Å². The van der Waals surface area contributed by atoms with Crippen molar-refractivity contribution in [3.8, 4) is 0 Å². The molecule has 1 aromatic rings. The molecular formula is C11H16N4O2. The first-order valence-electron chi connectivity index (χ1n) is 5.58. The van der Waals surface area contributed by atoms with Crippen LogP contribution in [0, 0.1) is 0 Å². The number of hydrogen-bond donors (Lipinski definition) is 1. The van der Waals surface area contributed by atoms with Gasteiger partial charge in [-0.3, -0.25) is 19.1 Å². The average molecular weight is 236 g/mol. The van der Waals surface area contributed by atoms with Gasteiger partial charge in [0.05, 0.1) is 6.04 Å². The molecule has 0 aromatic carbocycles. The van der Waals surface area contributed by atoms with Crippen LogP contribution >= 0.6 is 0 Å². The highest BCUT2D eigenvalue weighted by molar-refractivity contribution is 5.90. The van der Waals surface area contributed by atoms with E-state index in [1.165, 1.54) is 10.6 Å². The first-order valence-corrected chi connectivity index (χ1v) is 5.58. The molecule has 0 spiro atoms. The van der Waals surface area contributed by atoms with Crippen LogP contribution in [0.4, 0.5) is 0 Å². The predicted octanol–water partition coefficient (Wildman–Crippen LogP) is -0.354. The van der Waals surface area contributed by atoms with E-state index in [2.05, 4.69) is 9.88 Å². The maximum absolute atomic E-state index is 11.7. The predicted molar refractivity (Wildman–Crippen MR) is 62.6 cm³/mol. The summed E-state index contributed by atoms with van der Waals surface area (Å²) in [5.74, 6) is -0.0455. The van der Waals surface area contributed by atoms with Crippen molar-refractivity contribution in [1.82, 2.24) is 14.5 Å². The molecule has 0 radical (unpaired) electrons. The van der Waals surface area contributed by atoms with Crippen molar-refractivity contribution in [2.45, 2.75) is 18.9 Å². The van der Waals surface area contributed by atoms with Gasteiger partial charge in [0.25, 0.3) is 11.5 Å². The Bertz CT molecular complexity index is 509. The number of nitrogens with zero attached hydrogens (tertiary/aromatic N) is 3. The lowest BCUT2D eigenvalue weighted by Crippen LogP contribution is -2.31. The largest absolute Gasteiger partial charge is 0.364 e. The SMILES string of the molecule is CN1CCCC1c1nc(C(N)=O)cc(=O)n1C. The highest BCUT2D eigenvalue weighted by Gasteiger charge is 2.26. The van der Waals surface area contributed by atoms with Crippen LogP contribution in [0.15, 0.2) is 10.9 Å². The zero-order chi connectivity index (χ0) is 12.6. The van der Waals surface area contributed by atoms with Gasteiger partial charge in [-0.25, -0.2) is 4.98 Å². The lowest BCUT2D eigenvalue weighted by Gasteiger charge is -2.21. The zero-order valence-electron chi connectivity index (χ0n) is 10.0. The van der Waals surface area contributed by atoms with E-state index in [0.717, 1.165) is 19.4 Å². The molecule has 0 bridgehead atoms. The normalized spacial score (nSPS) is 20.7. The molecule has 0 aliphatic carbocycles. The maximum Gasteiger partial charge on any atom is 0.267 e. The first-order chi connectivity index (χ1) is 8.00. The van der Waals surface area contributed by atoms with Crippen LogP contribution in [0.5, 0.6) is 0 Å². The quantitative estimate of drug-likeness (QED) is 0.760. The van der Waals surface area contributed by atoms with Gasteiger partial charge in [-0.15, -0.1) is 0 Å². The van der Waals surface area contributed by atoms with Crippen molar-refractivity contribution in [3.05, 3.63) is 27.9 Å². The van der Waals surface area contributed by atoms with Gasteiger partial charge < -0.3 is 5.73 Å². The van der Waals surface area contributed by atoms with Crippen LogP contribution < -0.4 is 11.3 Å². The average Bonchev–Trinajstić information content (AvgIpc) is 2.68. The van der Waals surface area contributed by atoms with E-state index in [4.69, 9.17) is 5.73 Å². The molecule has 2 heterocycles. The molecule has 1 aliphatic heterocycles. The van der Waals surface area contributed by atoms with Crippen LogP contribution in [-0.4, -0.2) is 34.0 Å². The minimum absolute atomic E-state index is 0.0448. The molecule has 2 N–H and O–H groups in total. The molecule has 6 nitrogen and oxygen atoms in total. The summed E-state index contributed by atoms with van der Waals surface area (Å²) in [7, 11) is 3.66. The van der Waals surface area contributed by atoms with E-state index in [9.17, 15) is 9.59 Å². The molecule has 92 valence electrons. The highest BCUT2D eigenvalue weighted by Crippen LogP contribution is 2.28. The minimum atomic E-state index is -0.662. The Morgan fingerprint density at radius 1 is 1.53 bits per heavy atom. The Morgan fingerprint density at radius 3 is 2.76 bits per heavy atom. The third kappa shape index (κ3) is 2.08. The molecule has 1 aliphatic rings. The molecule has 1 unspecified atom stereocenters. The van der Waals surface area contributed by atoms with Crippen LogP contribution in [0.2, 0.25) is 0 Å². The van der Waals surface area contributed by atoms with Crippen LogP contribution in [0.1, 0.15) is 35.2 Å². The number of aromatic nitrogens is 2. The number of carbonyl (C=O) groups is 1. The monoisotopic (exact) mass is 236 g/mol. The summed E-state index contributed by atoms with van der Waals surface area (Å²) in [5, 5.41) is 0. The summed E-state index contributed by atoms with van der Waals surface area (Å²) in [6.07, 6.45) is 2.01. The third-order valence-electron chi connectivity index (χ3n) is 3.24. The van der Waals surface area contributed by atoms with Gasteiger partial charge in [0.15, 0.2) is 0 Å². The molecule has 6 heteroatoms. The van der Waals surface area contributed by atoms with Gasteiger partial charge >= 0.3 is 0 Å². The second kappa shape index (κ2) is 4.29. The van der Waals surface area contributed by atoms with Crippen molar-refractivity contribution in [2.75, 3.05) is 13.6 Å². The second-order valence-electron chi connectivity index (χ2n) is 4.40. The third-order valence-corrected chi connectivity index (χ3v) is 3.24. The van der Waals surface area contributed by atoms with Crippen molar-refractivity contribution in [1.29, 1.82) is 0 Å². The van der Waals surface area contributed by atoms with Crippen molar-refractivity contribution in [2.24, 2.45) is 12.8 Å². The van der Waals surface area contributed by atoms with E-state index in [0.29, 0.717) is 5.82 Å². The van der Waals surface area contributed by atoms with E-state index in [1.807, 2.05) is 7.05 Å². The van der Waals surface area contributed by atoms with Crippen molar-refractivity contribution >= 4 is 5.91 Å². The molecule has 1 atom stereocenters. The molecule has 1 saturated heterocycles. The number of hydrogen-bond acceptors (Lipinski definition) is 4. The maximum atomic E-state index is 11.7. The van der Waals surface area contributed by atoms with Crippen LogP contribution in [0.25, 0.3) is 0 Å². The van der Waals surface area contributed by atoms with Crippen LogP contribution in [0.3, 0.4) is 0 Å². The number of carbonyl (C=O) groups excluding carboxylic acids is 1. The molecule has 0 saturated carbocycles. The van der Waals surface area contributed by atoms with Gasteiger partial charge in [-0.1, -0.05) is 0 Å². The summed E-state index contributed by atoms with van der Waals surface area (Å²) in [5.41, 5.74) is 4.97. The number of likely N-dealkylation sites (tertiary alicyclic amines) is 1. The van der Waals surface area contributed by atoms with E-state index < -0.39 is 5.91 Å². The van der Waals surface area contributed by atoms with Crippen molar-refractivity contribution in [3.63, 3.8) is 0 Å². The fourth-order valence-corrected chi connectivity index (χ4v) is 2.22. The molecular weight excluding hydrogens is 220 g/mol. The Morgan fingerprint density at radius 2 is 2.24 bits per heavy atom. The fraction of sp³-hybridized carbons (Fsp3) is 0.545. The van der Waals surface area contributed by atoms with E-state index in [1.54, 1.807) is 7.05 Å². The van der Waals surface area contributed by atoms with Gasteiger partial charge in [0, 0.05) is 13.1 Å². The zero-order valence-corrected chi connectivity index (χ0v) is 10.0. The van der Waals surface area contributed by atoms with E-state index >= 15 is 0 Å². The van der Waals surface area contributed by atoms with Gasteiger partial charge in [-0.05, 0) is 26.4 Å². The molecule has 1 fully saturated rings. The number of rotatable bonds is 2.